The van der Waals surface area contributed by atoms with Crippen molar-refractivity contribution in [2.24, 2.45) is 0 Å². The van der Waals surface area contributed by atoms with Crippen LogP contribution in [-0.2, 0) is 11.0 Å². The number of halogens is 4. The lowest BCUT2D eigenvalue weighted by molar-refractivity contribution is -0.138. The van der Waals surface area contributed by atoms with Gasteiger partial charge in [0.25, 0.3) is 5.91 Å². The van der Waals surface area contributed by atoms with E-state index < -0.39 is 34.7 Å². The number of likely N-dealkylation sites (N-methyl/N-ethyl adjacent to an activating group) is 1. The van der Waals surface area contributed by atoms with Gasteiger partial charge in [-0.3, -0.25) is 9.69 Å². The number of pyridine rings is 1. The highest BCUT2D eigenvalue weighted by Gasteiger charge is 2.60. The first kappa shape index (κ1) is 28.2. The summed E-state index contributed by atoms with van der Waals surface area (Å²) in [5.41, 5.74) is -3.47. The van der Waals surface area contributed by atoms with E-state index in [9.17, 15) is 18.0 Å². The van der Waals surface area contributed by atoms with E-state index in [1.54, 1.807) is 6.07 Å². The summed E-state index contributed by atoms with van der Waals surface area (Å²) in [5, 5.41) is 8.92. The topological polar surface area (TPSA) is 75.9 Å². The largest absolute Gasteiger partial charge is 0.493 e. The first-order chi connectivity index (χ1) is 19.0. The normalized spacial score (nSPS) is 19.7. The van der Waals surface area contributed by atoms with Gasteiger partial charge in [0.05, 0.1) is 29.7 Å². The Kier molecular flexibility index (Phi) is 7.69. The van der Waals surface area contributed by atoms with Crippen LogP contribution in [0.1, 0.15) is 36.9 Å². The Morgan fingerprint density at radius 2 is 1.90 bits per heavy atom. The number of hydrogen-bond donors (Lipinski definition) is 0. The molecule has 3 fully saturated rings. The molecule has 1 amide bonds. The zero-order valence-corrected chi connectivity index (χ0v) is 22.7. The average Bonchev–Trinajstić information content (AvgIpc) is 3.13. The molecule has 2 saturated heterocycles. The highest BCUT2D eigenvalue weighted by Crippen LogP contribution is 2.49. The maximum absolute atomic E-state index is 15.5. The number of amides is 1. The van der Waals surface area contributed by atoms with Gasteiger partial charge in [-0.2, -0.15) is 18.4 Å². The number of carbonyl (C=O) groups is 1. The number of hydrogen-bond acceptors (Lipinski definition) is 7. The van der Waals surface area contributed by atoms with Gasteiger partial charge in [0.2, 0.25) is 0 Å². The van der Waals surface area contributed by atoms with Gasteiger partial charge in [-0.15, -0.1) is 0 Å². The summed E-state index contributed by atoms with van der Waals surface area (Å²) in [7, 11) is 2.10. The third kappa shape index (κ3) is 5.11. The quantitative estimate of drug-likeness (QED) is 0.276. The van der Waals surface area contributed by atoms with Crippen LogP contribution in [0.5, 0.6) is 5.75 Å². The first-order valence-corrected chi connectivity index (χ1v) is 13.5. The number of rotatable bonds is 7. The van der Waals surface area contributed by atoms with E-state index in [0.717, 1.165) is 50.2 Å². The Labute approximate surface area is 234 Å². The van der Waals surface area contributed by atoms with Crippen LogP contribution in [0.15, 0.2) is 30.5 Å². The Balaban J connectivity index is 1.34. The number of piperazine rings is 1. The Bertz CT molecular complexity index is 1350. The summed E-state index contributed by atoms with van der Waals surface area (Å²) in [4.78, 5) is 24.2. The van der Waals surface area contributed by atoms with E-state index in [1.165, 1.54) is 23.1 Å². The van der Waals surface area contributed by atoms with E-state index in [0.29, 0.717) is 37.7 Å². The fraction of sp³-hybridized carbons (Fsp3) is 0.481. The van der Waals surface area contributed by atoms with Gasteiger partial charge in [-0.1, -0.05) is 0 Å². The molecule has 1 aromatic carbocycles. The van der Waals surface area contributed by atoms with Crippen LogP contribution in [0.3, 0.4) is 0 Å². The molecule has 212 valence electrons. The molecule has 2 aromatic rings. The smallest absolute Gasteiger partial charge is 0.419 e. The van der Waals surface area contributed by atoms with Crippen LogP contribution in [0, 0.1) is 17.1 Å². The van der Waals surface area contributed by atoms with Gasteiger partial charge in [0.15, 0.2) is 16.6 Å². The molecule has 0 N–H and O–H groups in total. The number of alkyl halides is 3. The minimum Gasteiger partial charge on any atom is -0.493 e. The number of anilines is 2. The summed E-state index contributed by atoms with van der Waals surface area (Å²) in [6, 6.07) is 6.41. The maximum atomic E-state index is 15.5. The van der Waals surface area contributed by atoms with Gasteiger partial charge in [-0.25, -0.2) is 9.37 Å². The van der Waals surface area contributed by atoms with Crippen molar-refractivity contribution >= 4 is 34.6 Å². The molecule has 1 saturated carbocycles. The molecule has 0 radical (unpaired) electrons. The van der Waals surface area contributed by atoms with Crippen LogP contribution in [0.25, 0.3) is 0 Å². The number of ether oxygens (including phenoxy) is 1. The van der Waals surface area contributed by atoms with Gasteiger partial charge in [-0.05, 0) is 63.1 Å². The Morgan fingerprint density at radius 1 is 1.18 bits per heavy atom. The predicted molar refractivity (Wildman–Crippen MR) is 144 cm³/mol. The highest BCUT2D eigenvalue weighted by molar-refractivity contribution is 7.81. The molecule has 5 rings (SSSR count). The fourth-order valence-corrected chi connectivity index (χ4v) is 5.84. The SMILES string of the molecule is CN1CCN(CCCOc2ccc(N3C(=S)N(c4cnc(C#N)c(C(F)(F)F)c4)C(=O)C34CCC4)c(F)c2)CC1. The van der Waals surface area contributed by atoms with Crippen LogP contribution >= 0.6 is 12.2 Å². The lowest BCUT2D eigenvalue weighted by atomic mass is 9.75. The molecule has 1 aliphatic carbocycles. The average molecular weight is 577 g/mol. The number of nitriles is 1. The number of thiocarbonyl (C=S) groups is 1. The van der Waals surface area contributed by atoms with E-state index in [2.05, 4.69) is 21.8 Å². The number of aromatic nitrogens is 1. The van der Waals surface area contributed by atoms with E-state index in [4.69, 9.17) is 22.2 Å². The summed E-state index contributed by atoms with van der Waals surface area (Å²) in [6.07, 6.45) is -1.67. The van der Waals surface area contributed by atoms with Crippen LogP contribution in [0.2, 0.25) is 0 Å². The summed E-state index contributed by atoms with van der Waals surface area (Å²) in [5.74, 6) is -0.873. The molecule has 0 bridgehead atoms. The maximum Gasteiger partial charge on any atom is 0.419 e. The van der Waals surface area contributed by atoms with Crippen LogP contribution in [-0.4, -0.2) is 77.7 Å². The van der Waals surface area contributed by atoms with Crippen molar-refractivity contribution in [3.63, 3.8) is 0 Å². The minimum absolute atomic E-state index is 0.0444. The van der Waals surface area contributed by atoms with Crippen LogP contribution in [0.4, 0.5) is 28.9 Å². The number of carbonyl (C=O) groups excluding carboxylic acids is 1. The lowest BCUT2D eigenvalue weighted by Crippen LogP contribution is -2.55. The van der Waals surface area contributed by atoms with Gasteiger partial charge in [0.1, 0.15) is 17.4 Å². The van der Waals surface area contributed by atoms with Crippen molar-refractivity contribution in [2.75, 3.05) is 56.2 Å². The molecule has 3 aliphatic rings. The summed E-state index contributed by atoms with van der Waals surface area (Å²) in [6.45, 7) is 5.36. The summed E-state index contributed by atoms with van der Waals surface area (Å²) < 4.78 is 62.0. The van der Waals surface area contributed by atoms with Crippen molar-refractivity contribution in [1.82, 2.24) is 14.8 Å². The second-order valence-electron chi connectivity index (χ2n) is 10.3. The molecule has 8 nitrogen and oxygen atoms in total. The molecular formula is C27H28F4N6O2S. The molecule has 13 heteroatoms. The van der Waals surface area contributed by atoms with Gasteiger partial charge < -0.3 is 19.4 Å². The van der Waals surface area contributed by atoms with Crippen LogP contribution < -0.4 is 14.5 Å². The molecular weight excluding hydrogens is 548 g/mol. The third-order valence-electron chi connectivity index (χ3n) is 7.78. The van der Waals surface area contributed by atoms with Crippen molar-refractivity contribution in [3.8, 4) is 11.8 Å². The van der Waals surface area contributed by atoms with Gasteiger partial charge in [0, 0.05) is 38.8 Å². The standard InChI is InChI=1S/C27H28F4N6O2S/c1-34-9-11-35(12-10-34)8-3-13-39-19-4-5-23(21(28)15-19)37-25(40)36(24(38)26(37)6-2-7-26)18-14-20(27(29,30)31)22(16-32)33-17-18/h4-5,14-15,17H,2-3,6-13H2,1H3. The Hall–Kier alpha value is -3.34. The molecule has 40 heavy (non-hydrogen) atoms. The number of nitrogens with zero attached hydrogens (tertiary/aromatic N) is 6. The van der Waals surface area contributed by atoms with Gasteiger partial charge >= 0.3 is 6.18 Å². The fourth-order valence-electron chi connectivity index (χ4n) is 5.37. The minimum atomic E-state index is -4.86. The lowest BCUT2D eigenvalue weighted by Gasteiger charge is -2.43. The molecule has 0 unspecified atom stereocenters. The third-order valence-corrected chi connectivity index (χ3v) is 8.14. The molecule has 2 aliphatic heterocycles. The molecule has 0 atom stereocenters. The van der Waals surface area contributed by atoms with E-state index in [1.807, 2.05) is 0 Å². The summed E-state index contributed by atoms with van der Waals surface area (Å²) >= 11 is 5.55. The number of benzene rings is 1. The van der Waals surface area contributed by atoms with Crippen molar-refractivity contribution in [1.29, 1.82) is 5.26 Å². The molecule has 1 spiro atoms. The van der Waals surface area contributed by atoms with Crippen molar-refractivity contribution in [3.05, 3.63) is 47.5 Å². The van der Waals surface area contributed by atoms with E-state index in [-0.39, 0.29) is 16.5 Å². The second-order valence-corrected chi connectivity index (χ2v) is 10.7. The van der Waals surface area contributed by atoms with Crippen molar-refractivity contribution in [2.45, 2.75) is 37.4 Å². The first-order valence-electron chi connectivity index (χ1n) is 13.0. The predicted octanol–water partition coefficient (Wildman–Crippen LogP) is 4.19. The van der Waals surface area contributed by atoms with E-state index >= 15 is 4.39 Å². The molecule has 3 heterocycles. The highest BCUT2D eigenvalue weighted by atomic mass is 32.1. The Morgan fingerprint density at radius 3 is 2.50 bits per heavy atom. The molecule has 1 aromatic heterocycles. The zero-order valence-electron chi connectivity index (χ0n) is 21.9. The van der Waals surface area contributed by atoms with Crippen molar-refractivity contribution < 1.29 is 27.1 Å². The monoisotopic (exact) mass is 576 g/mol. The second kappa shape index (κ2) is 10.9. The zero-order chi connectivity index (χ0) is 28.7.